The summed E-state index contributed by atoms with van der Waals surface area (Å²) in [6.45, 7) is 1.41. The monoisotopic (exact) mass is 341 g/mol. The van der Waals surface area contributed by atoms with Crippen molar-refractivity contribution in [2.75, 3.05) is 18.5 Å². The highest BCUT2D eigenvalue weighted by molar-refractivity contribution is 9.10. The fraction of sp³-hybridized carbons (Fsp3) is 0.111. The van der Waals surface area contributed by atoms with Crippen LogP contribution in [0, 0.1) is 0 Å². The van der Waals surface area contributed by atoms with Crippen LogP contribution in [0.2, 0.25) is 0 Å². The van der Waals surface area contributed by atoms with Gasteiger partial charge in [-0.2, -0.15) is 0 Å². The number of rotatable bonds is 5. The van der Waals surface area contributed by atoms with Crippen LogP contribution in [0.5, 0.6) is 5.75 Å². The Kier molecular flexibility index (Phi) is 4.41. The summed E-state index contributed by atoms with van der Waals surface area (Å²) in [5.41, 5.74) is 1.10. The summed E-state index contributed by atoms with van der Waals surface area (Å²) >= 11 is 3.43. The Hall–Kier alpha value is -2.00. The van der Waals surface area contributed by atoms with Crippen LogP contribution in [0.3, 0.4) is 0 Å². The Balaban J connectivity index is 1.53. The number of anilines is 1. The van der Waals surface area contributed by atoms with Gasteiger partial charge in [-0.25, -0.2) is 0 Å². The fourth-order valence-electron chi connectivity index (χ4n) is 2.19. The first-order chi connectivity index (χ1) is 10.3. The van der Waals surface area contributed by atoms with Gasteiger partial charge in [0.25, 0.3) is 0 Å². The van der Waals surface area contributed by atoms with Gasteiger partial charge in [-0.1, -0.05) is 46.3 Å². The molecule has 0 aliphatic carbocycles. The first kappa shape index (κ1) is 14.0. The van der Waals surface area contributed by atoms with Crippen LogP contribution in [0.25, 0.3) is 10.8 Å². The van der Waals surface area contributed by atoms with Crippen molar-refractivity contribution in [2.45, 2.75) is 0 Å². The van der Waals surface area contributed by atoms with Crippen LogP contribution in [0.4, 0.5) is 5.69 Å². The molecule has 0 fully saturated rings. The zero-order valence-electron chi connectivity index (χ0n) is 11.6. The number of hydrogen-bond acceptors (Lipinski definition) is 2. The summed E-state index contributed by atoms with van der Waals surface area (Å²) in [6.07, 6.45) is 0. The van der Waals surface area contributed by atoms with Gasteiger partial charge < -0.3 is 10.1 Å². The molecular formula is C18H16BrNO. The molecule has 1 N–H and O–H groups in total. The third kappa shape index (κ3) is 3.76. The van der Waals surface area contributed by atoms with E-state index in [1.54, 1.807) is 0 Å². The molecule has 0 heterocycles. The van der Waals surface area contributed by atoms with E-state index in [1.807, 2.05) is 42.5 Å². The van der Waals surface area contributed by atoms with Gasteiger partial charge in [-0.05, 0) is 47.2 Å². The number of nitrogens with one attached hydrogen (secondary N) is 1. The van der Waals surface area contributed by atoms with E-state index in [0.717, 1.165) is 22.5 Å². The highest BCUT2D eigenvalue weighted by Gasteiger charge is 1.97. The van der Waals surface area contributed by atoms with Gasteiger partial charge in [0, 0.05) is 16.7 Å². The van der Waals surface area contributed by atoms with E-state index in [1.165, 1.54) is 10.8 Å². The Labute approximate surface area is 132 Å². The van der Waals surface area contributed by atoms with Crippen molar-refractivity contribution in [1.82, 2.24) is 0 Å². The molecular weight excluding hydrogens is 326 g/mol. The van der Waals surface area contributed by atoms with E-state index < -0.39 is 0 Å². The molecule has 3 rings (SSSR count). The SMILES string of the molecule is Brc1ccc(NCCOc2ccc3ccccc3c2)cc1. The summed E-state index contributed by atoms with van der Waals surface area (Å²) in [7, 11) is 0. The van der Waals surface area contributed by atoms with Gasteiger partial charge in [0.15, 0.2) is 0 Å². The van der Waals surface area contributed by atoms with Crippen LogP contribution in [-0.2, 0) is 0 Å². The average Bonchev–Trinajstić information content (AvgIpc) is 2.53. The van der Waals surface area contributed by atoms with E-state index in [9.17, 15) is 0 Å². The largest absolute Gasteiger partial charge is 0.492 e. The highest BCUT2D eigenvalue weighted by Crippen LogP contribution is 2.20. The van der Waals surface area contributed by atoms with Crippen LogP contribution < -0.4 is 10.1 Å². The summed E-state index contributed by atoms with van der Waals surface area (Å²) < 4.78 is 6.87. The summed E-state index contributed by atoms with van der Waals surface area (Å²) in [6, 6.07) is 22.6. The smallest absolute Gasteiger partial charge is 0.120 e. The molecule has 3 heteroatoms. The molecule has 3 aromatic rings. The standard InChI is InChI=1S/C18H16BrNO/c19-16-6-8-17(9-7-16)20-11-12-21-18-10-5-14-3-1-2-4-15(14)13-18/h1-10,13,20H,11-12H2. The molecule has 0 radical (unpaired) electrons. The van der Waals surface area contributed by atoms with Gasteiger partial charge in [-0.15, -0.1) is 0 Å². The maximum atomic E-state index is 5.79. The molecule has 0 aromatic heterocycles. The van der Waals surface area contributed by atoms with Crippen molar-refractivity contribution in [3.63, 3.8) is 0 Å². The van der Waals surface area contributed by atoms with Gasteiger partial charge in [0.2, 0.25) is 0 Å². The minimum atomic E-state index is 0.633. The second-order valence-corrected chi connectivity index (χ2v) is 5.71. The molecule has 0 amide bonds. The lowest BCUT2D eigenvalue weighted by atomic mass is 10.1. The van der Waals surface area contributed by atoms with Crippen molar-refractivity contribution in [3.05, 3.63) is 71.2 Å². The summed E-state index contributed by atoms with van der Waals surface area (Å²) in [4.78, 5) is 0. The predicted molar refractivity (Wildman–Crippen MR) is 92.1 cm³/mol. The minimum Gasteiger partial charge on any atom is -0.492 e. The Bertz CT molecular complexity index is 725. The van der Waals surface area contributed by atoms with Gasteiger partial charge in [0.1, 0.15) is 12.4 Å². The minimum absolute atomic E-state index is 0.633. The molecule has 0 aliphatic heterocycles. The molecule has 0 unspecified atom stereocenters. The number of halogens is 1. The maximum Gasteiger partial charge on any atom is 0.120 e. The van der Waals surface area contributed by atoms with Crippen molar-refractivity contribution in [3.8, 4) is 5.75 Å². The predicted octanol–water partition coefficient (Wildman–Crippen LogP) is 5.09. The van der Waals surface area contributed by atoms with E-state index in [4.69, 9.17) is 4.74 Å². The van der Waals surface area contributed by atoms with Crippen LogP contribution >= 0.6 is 15.9 Å². The van der Waals surface area contributed by atoms with Crippen molar-refractivity contribution in [1.29, 1.82) is 0 Å². The molecule has 0 aliphatic rings. The number of hydrogen-bond donors (Lipinski definition) is 1. The van der Waals surface area contributed by atoms with Gasteiger partial charge >= 0.3 is 0 Å². The van der Waals surface area contributed by atoms with Gasteiger partial charge in [0.05, 0.1) is 0 Å². The lowest BCUT2D eigenvalue weighted by Gasteiger charge is -2.09. The normalized spacial score (nSPS) is 10.5. The molecule has 0 saturated carbocycles. The Morgan fingerprint density at radius 3 is 2.43 bits per heavy atom. The lowest BCUT2D eigenvalue weighted by molar-refractivity contribution is 0.333. The lowest BCUT2D eigenvalue weighted by Crippen LogP contribution is -2.11. The fourth-order valence-corrected chi connectivity index (χ4v) is 2.45. The molecule has 0 spiro atoms. The highest BCUT2D eigenvalue weighted by atomic mass is 79.9. The second-order valence-electron chi connectivity index (χ2n) is 4.79. The van der Waals surface area contributed by atoms with E-state index in [-0.39, 0.29) is 0 Å². The van der Waals surface area contributed by atoms with Crippen LogP contribution in [0.15, 0.2) is 71.2 Å². The van der Waals surface area contributed by atoms with Crippen molar-refractivity contribution < 1.29 is 4.74 Å². The van der Waals surface area contributed by atoms with E-state index >= 15 is 0 Å². The Morgan fingerprint density at radius 1 is 0.857 bits per heavy atom. The number of benzene rings is 3. The topological polar surface area (TPSA) is 21.3 Å². The number of ether oxygens (including phenoxy) is 1. The second kappa shape index (κ2) is 6.64. The zero-order valence-corrected chi connectivity index (χ0v) is 13.1. The quantitative estimate of drug-likeness (QED) is 0.652. The van der Waals surface area contributed by atoms with E-state index in [0.29, 0.717) is 6.61 Å². The summed E-state index contributed by atoms with van der Waals surface area (Å²) in [5.74, 6) is 0.909. The third-order valence-corrected chi connectivity index (χ3v) is 3.79. The molecule has 2 nitrogen and oxygen atoms in total. The van der Waals surface area contributed by atoms with Crippen LogP contribution in [0.1, 0.15) is 0 Å². The third-order valence-electron chi connectivity index (χ3n) is 3.27. The Morgan fingerprint density at radius 2 is 1.62 bits per heavy atom. The first-order valence-electron chi connectivity index (χ1n) is 6.92. The summed E-state index contributed by atoms with van der Waals surface area (Å²) in [5, 5.41) is 5.77. The van der Waals surface area contributed by atoms with Crippen LogP contribution in [-0.4, -0.2) is 13.2 Å². The van der Waals surface area contributed by atoms with Gasteiger partial charge in [-0.3, -0.25) is 0 Å². The average molecular weight is 342 g/mol. The first-order valence-corrected chi connectivity index (χ1v) is 7.72. The molecule has 21 heavy (non-hydrogen) atoms. The molecule has 0 atom stereocenters. The molecule has 3 aromatic carbocycles. The van der Waals surface area contributed by atoms with Crippen molar-refractivity contribution in [2.24, 2.45) is 0 Å². The zero-order chi connectivity index (χ0) is 14.5. The number of fused-ring (bicyclic) bond motifs is 1. The van der Waals surface area contributed by atoms with Crippen molar-refractivity contribution >= 4 is 32.4 Å². The molecule has 0 saturated heterocycles. The molecule has 0 bridgehead atoms. The maximum absolute atomic E-state index is 5.79. The molecule has 106 valence electrons. The van der Waals surface area contributed by atoms with E-state index in [2.05, 4.69) is 45.5 Å².